The Morgan fingerprint density at radius 3 is 3.08 bits per heavy atom. The minimum Gasteiger partial charge on any atom is -0.324 e. The van der Waals surface area contributed by atoms with Crippen LogP contribution in [-0.4, -0.2) is 14.8 Å². The van der Waals surface area contributed by atoms with Crippen LogP contribution in [0.4, 0.5) is 0 Å². The summed E-state index contributed by atoms with van der Waals surface area (Å²) in [5.74, 6) is 0. The number of hydrogen-bond donors (Lipinski definition) is 1. The first kappa shape index (κ1) is 7.24. The van der Waals surface area contributed by atoms with Gasteiger partial charge < -0.3 is 5.73 Å². The first-order chi connectivity index (χ1) is 5.79. The molecule has 4 nitrogen and oxygen atoms in total. The highest BCUT2D eigenvalue weighted by Gasteiger charge is 2.06. The number of hydrogen-bond acceptors (Lipinski definition) is 3. The van der Waals surface area contributed by atoms with Crippen LogP contribution in [0, 0.1) is 0 Å². The molecule has 1 unspecified atom stereocenters. The van der Waals surface area contributed by atoms with Crippen molar-refractivity contribution in [2.24, 2.45) is 5.73 Å². The highest BCUT2D eigenvalue weighted by molar-refractivity contribution is 5.53. The number of nitrogens with two attached hydrogens (primary N) is 1. The van der Waals surface area contributed by atoms with Crippen LogP contribution in [0.2, 0.25) is 0 Å². The fraction of sp³-hybridized carbons (Fsp3) is 0.250. The third-order valence-corrected chi connectivity index (χ3v) is 1.82. The Kier molecular flexibility index (Phi) is 1.55. The topological polar surface area (TPSA) is 56.2 Å². The lowest BCUT2D eigenvalue weighted by atomic mass is 10.1. The maximum Gasteiger partial charge on any atom is 0.0920 e. The van der Waals surface area contributed by atoms with E-state index in [4.69, 9.17) is 5.73 Å². The van der Waals surface area contributed by atoms with Crippen LogP contribution in [0.25, 0.3) is 5.52 Å². The van der Waals surface area contributed by atoms with E-state index < -0.39 is 0 Å². The van der Waals surface area contributed by atoms with Gasteiger partial charge in [-0.1, -0.05) is 0 Å². The molecule has 2 aromatic heterocycles. The minimum atomic E-state index is 0.00620. The largest absolute Gasteiger partial charge is 0.324 e. The molecule has 0 fully saturated rings. The van der Waals surface area contributed by atoms with Crippen LogP contribution in [0.15, 0.2) is 24.5 Å². The molecule has 0 aliphatic heterocycles. The third kappa shape index (κ3) is 0.967. The molecule has 2 N–H and O–H groups in total. The highest BCUT2D eigenvalue weighted by Crippen LogP contribution is 2.14. The van der Waals surface area contributed by atoms with Gasteiger partial charge in [0, 0.05) is 17.8 Å². The standard InChI is InChI=1S/C8H10N4/c1-6(9)7-5-11-12-8(7)3-2-4-10-12/h2-6H,9H2,1H3. The first-order valence-electron chi connectivity index (χ1n) is 3.83. The number of aromatic nitrogens is 3. The van der Waals surface area contributed by atoms with Gasteiger partial charge in [0.05, 0.1) is 11.7 Å². The Balaban J connectivity index is 2.70. The summed E-state index contributed by atoms with van der Waals surface area (Å²) in [6.07, 6.45) is 3.46. The fourth-order valence-corrected chi connectivity index (χ4v) is 1.20. The van der Waals surface area contributed by atoms with E-state index in [1.165, 1.54) is 0 Å². The van der Waals surface area contributed by atoms with Gasteiger partial charge in [0.25, 0.3) is 0 Å². The molecule has 2 rings (SSSR count). The Labute approximate surface area is 70.0 Å². The van der Waals surface area contributed by atoms with Crippen molar-refractivity contribution in [3.05, 3.63) is 30.1 Å². The van der Waals surface area contributed by atoms with Crippen LogP contribution in [0.5, 0.6) is 0 Å². The summed E-state index contributed by atoms with van der Waals surface area (Å²) in [7, 11) is 0. The molecule has 0 bridgehead atoms. The molecule has 0 amide bonds. The SMILES string of the molecule is CC(N)c1cnn2ncccc12. The highest BCUT2D eigenvalue weighted by atomic mass is 15.4. The van der Waals surface area contributed by atoms with Gasteiger partial charge in [-0.2, -0.15) is 14.8 Å². The van der Waals surface area contributed by atoms with Crippen molar-refractivity contribution < 1.29 is 0 Å². The Morgan fingerprint density at radius 2 is 2.33 bits per heavy atom. The summed E-state index contributed by atoms with van der Waals surface area (Å²) < 4.78 is 1.58. The summed E-state index contributed by atoms with van der Waals surface area (Å²) >= 11 is 0. The van der Waals surface area contributed by atoms with Gasteiger partial charge in [0.2, 0.25) is 0 Å². The zero-order chi connectivity index (χ0) is 8.55. The Bertz CT molecular complexity index is 391. The Hall–Kier alpha value is -1.42. The van der Waals surface area contributed by atoms with E-state index >= 15 is 0 Å². The molecule has 0 saturated heterocycles. The molecule has 0 spiro atoms. The molecule has 12 heavy (non-hydrogen) atoms. The molecule has 0 aliphatic rings. The predicted molar refractivity (Wildman–Crippen MR) is 45.6 cm³/mol. The maximum absolute atomic E-state index is 5.74. The van der Waals surface area contributed by atoms with E-state index in [1.807, 2.05) is 19.1 Å². The second kappa shape index (κ2) is 2.57. The summed E-state index contributed by atoms with van der Waals surface area (Å²) in [5, 5.41) is 8.10. The van der Waals surface area contributed by atoms with Crippen molar-refractivity contribution in [3.8, 4) is 0 Å². The molecule has 2 aromatic rings. The van der Waals surface area contributed by atoms with Gasteiger partial charge in [-0.15, -0.1) is 0 Å². The molecule has 2 heterocycles. The summed E-state index contributed by atoms with van der Waals surface area (Å²) in [4.78, 5) is 0. The van der Waals surface area contributed by atoms with Crippen molar-refractivity contribution in [1.29, 1.82) is 0 Å². The second-order valence-electron chi connectivity index (χ2n) is 2.79. The van der Waals surface area contributed by atoms with Crippen LogP contribution < -0.4 is 5.73 Å². The number of rotatable bonds is 1. The van der Waals surface area contributed by atoms with Crippen molar-refractivity contribution in [3.63, 3.8) is 0 Å². The quantitative estimate of drug-likeness (QED) is 0.673. The van der Waals surface area contributed by atoms with Crippen LogP contribution in [0.3, 0.4) is 0 Å². The average Bonchev–Trinajstić information content (AvgIpc) is 2.47. The fourth-order valence-electron chi connectivity index (χ4n) is 1.20. The van der Waals surface area contributed by atoms with E-state index in [1.54, 1.807) is 17.0 Å². The second-order valence-corrected chi connectivity index (χ2v) is 2.79. The summed E-state index contributed by atoms with van der Waals surface area (Å²) in [6, 6.07) is 3.84. The molecule has 62 valence electrons. The van der Waals surface area contributed by atoms with Crippen LogP contribution >= 0.6 is 0 Å². The minimum absolute atomic E-state index is 0.00620. The van der Waals surface area contributed by atoms with Gasteiger partial charge >= 0.3 is 0 Å². The van der Waals surface area contributed by atoms with Crippen molar-refractivity contribution in [1.82, 2.24) is 14.8 Å². The first-order valence-corrected chi connectivity index (χ1v) is 3.83. The van der Waals surface area contributed by atoms with E-state index in [-0.39, 0.29) is 6.04 Å². The van der Waals surface area contributed by atoms with E-state index in [9.17, 15) is 0 Å². The summed E-state index contributed by atoms with van der Waals surface area (Å²) in [5.41, 5.74) is 7.75. The predicted octanol–water partition coefficient (Wildman–Crippen LogP) is 0.749. The van der Waals surface area contributed by atoms with Gasteiger partial charge in [0.1, 0.15) is 0 Å². The third-order valence-electron chi connectivity index (χ3n) is 1.82. The number of nitrogens with zero attached hydrogens (tertiary/aromatic N) is 3. The molecule has 0 radical (unpaired) electrons. The van der Waals surface area contributed by atoms with Gasteiger partial charge in [-0.25, -0.2) is 0 Å². The molecule has 0 saturated carbocycles. The zero-order valence-electron chi connectivity index (χ0n) is 6.81. The zero-order valence-corrected chi connectivity index (χ0v) is 6.81. The van der Waals surface area contributed by atoms with E-state index in [0.29, 0.717) is 0 Å². The van der Waals surface area contributed by atoms with Gasteiger partial charge in [0.15, 0.2) is 0 Å². The van der Waals surface area contributed by atoms with Gasteiger partial charge in [-0.3, -0.25) is 0 Å². The summed E-state index contributed by atoms with van der Waals surface area (Å²) in [6.45, 7) is 1.93. The normalized spacial score (nSPS) is 13.5. The van der Waals surface area contributed by atoms with Crippen molar-refractivity contribution >= 4 is 5.52 Å². The van der Waals surface area contributed by atoms with Gasteiger partial charge in [-0.05, 0) is 19.1 Å². The smallest absolute Gasteiger partial charge is 0.0920 e. The molecule has 0 aliphatic carbocycles. The van der Waals surface area contributed by atoms with Crippen molar-refractivity contribution in [2.75, 3.05) is 0 Å². The molecule has 4 heteroatoms. The molecule has 0 aromatic carbocycles. The molecular formula is C8H10N4. The molecule has 1 atom stereocenters. The Morgan fingerprint density at radius 1 is 1.50 bits per heavy atom. The molecular weight excluding hydrogens is 152 g/mol. The average molecular weight is 162 g/mol. The monoisotopic (exact) mass is 162 g/mol. The number of fused-ring (bicyclic) bond motifs is 1. The van der Waals surface area contributed by atoms with Crippen molar-refractivity contribution in [2.45, 2.75) is 13.0 Å². The van der Waals surface area contributed by atoms with E-state index in [2.05, 4.69) is 10.2 Å². The lowest BCUT2D eigenvalue weighted by Gasteiger charge is -2.00. The van der Waals surface area contributed by atoms with E-state index in [0.717, 1.165) is 11.1 Å². The van der Waals surface area contributed by atoms with Crippen LogP contribution in [-0.2, 0) is 0 Å². The van der Waals surface area contributed by atoms with Crippen LogP contribution in [0.1, 0.15) is 18.5 Å². The maximum atomic E-state index is 5.74. The lowest BCUT2D eigenvalue weighted by molar-refractivity contribution is 0.799. The lowest BCUT2D eigenvalue weighted by Crippen LogP contribution is -2.04.